The van der Waals surface area contributed by atoms with Crippen molar-refractivity contribution in [1.29, 1.82) is 0 Å². The maximum Gasteiger partial charge on any atom is 0.308 e. The molecule has 5 nitrogen and oxygen atoms in total. The molecule has 0 bridgehead atoms. The van der Waals surface area contributed by atoms with Crippen molar-refractivity contribution in [3.63, 3.8) is 0 Å². The van der Waals surface area contributed by atoms with E-state index in [2.05, 4.69) is 21.2 Å². The van der Waals surface area contributed by atoms with Gasteiger partial charge in [0.25, 0.3) is 5.91 Å². The van der Waals surface area contributed by atoms with E-state index in [0.717, 1.165) is 23.7 Å². The van der Waals surface area contributed by atoms with Crippen LogP contribution < -0.4 is 10.1 Å². The van der Waals surface area contributed by atoms with Crippen LogP contribution >= 0.6 is 15.9 Å². The van der Waals surface area contributed by atoms with Gasteiger partial charge in [-0.05, 0) is 37.1 Å². The van der Waals surface area contributed by atoms with Gasteiger partial charge in [0.1, 0.15) is 5.75 Å². The Morgan fingerprint density at radius 1 is 1.18 bits per heavy atom. The molecule has 1 aromatic rings. The Morgan fingerprint density at radius 3 is 2.55 bits per heavy atom. The molecule has 2 N–H and O–H groups in total. The van der Waals surface area contributed by atoms with Crippen LogP contribution in [0.3, 0.4) is 0 Å². The van der Waals surface area contributed by atoms with E-state index in [0.29, 0.717) is 18.6 Å². The third-order valence-electron chi connectivity index (χ3n) is 3.86. The minimum atomic E-state index is -0.832. The average Bonchev–Trinajstić information content (AvgIpc) is 2.72. The minimum Gasteiger partial charge on any atom is -0.484 e. The van der Waals surface area contributed by atoms with E-state index in [1.165, 1.54) is 0 Å². The van der Waals surface area contributed by atoms with Crippen LogP contribution in [0.25, 0.3) is 0 Å². The van der Waals surface area contributed by atoms with Gasteiger partial charge in [-0.15, -0.1) is 0 Å². The summed E-state index contributed by atoms with van der Waals surface area (Å²) >= 11 is 3.33. The maximum absolute atomic E-state index is 12.0. The lowest BCUT2D eigenvalue weighted by Crippen LogP contribution is -2.44. The molecule has 1 aliphatic carbocycles. The lowest BCUT2D eigenvalue weighted by Gasteiger charge is -2.22. The molecule has 0 spiro atoms. The molecule has 1 amide bonds. The van der Waals surface area contributed by atoms with E-state index in [1.807, 2.05) is 12.1 Å². The number of halogens is 1. The molecular formula is C16H20BrNO4. The Bertz CT molecular complexity index is 517. The Hall–Kier alpha value is -1.56. The van der Waals surface area contributed by atoms with Gasteiger partial charge in [0.05, 0.1) is 5.92 Å². The van der Waals surface area contributed by atoms with Crippen LogP contribution in [0.1, 0.15) is 32.1 Å². The van der Waals surface area contributed by atoms with Crippen molar-refractivity contribution in [2.75, 3.05) is 6.61 Å². The summed E-state index contributed by atoms with van der Waals surface area (Å²) in [6, 6.07) is 6.89. The fourth-order valence-corrected chi connectivity index (χ4v) is 2.97. The first kappa shape index (κ1) is 16.8. The monoisotopic (exact) mass is 369 g/mol. The van der Waals surface area contributed by atoms with Crippen molar-refractivity contribution >= 4 is 27.8 Å². The number of rotatable bonds is 5. The zero-order valence-electron chi connectivity index (χ0n) is 12.3. The molecule has 1 fully saturated rings. The standard InChI is InChI=1S/C16H20BrNO4/c17-11-6-8-12(9-7-11)22-10-15(19)18-14-5-3-1-2-4-13(14)16(20)21/h6-9,13-14H,1-5,10H2,(H,18,19)(H,20,21)/t13-,14+/m1/s1. The van der Waals surface area contributed by atoms with Crippen molar-refractivity contribution in [3.8, 4) is 5.75 Å². The number of hydrogen-bond donors (Lipinski definition) is 2. The van der Waals surface area contributed by atoms with Gasteiger partial charge in [0.15, 0.2) is 6.61 Å². The molecule has 0 heterocycles. The van der Waals surface area contributed by atoms with Crippen molar-refractivity contribution in [2.24, 2.45) is 5.92 Å². The molecule has 120 valence electrons. The number of nitrogens with one attached hydrogen (secondary N) is 1. The predicted molar refractivity (Wildman–Crippen MR) is 85.8 cm³/mol. The van der Waals surface area contributed by atoms with Gasteiger partial charge in [0, 0.05) is 10.5 Å². The number of hydrogen-bond acceptors (Lipinski definition) is 3. The highest BCUT2D eigenvalue weighted by atomic mass is 79.9. The van der Waals surface area contributed by atoms with Crippen molar-refractivity contribution in [2.45, 2.75) is 38.1 Å². The smallest absolute Gasteiger partial charge is 0.308 e. The lowest BCUT2D eigenvalue weighted by molar-refractivity contribution is -0.143. The number of ether oxygens (including phenoxy) is 1. The average molecular weight is 370 g/mol. The van der Waals surface area contributed by atoms with Crippen LogP contribution in [-0.2, 0) is 9.59 Å². The summed E-state index contributed by atoms with van der Waals surface area (Å²) in [6.45, 7) is -0.107. The molecule has 2 rings (SSSR count). The quantitative estimate of drug-likeness (QED) is 0.782. The number of carbonyl (C=O) groups is 2. The molecule has 0 aliphatic heterocycles. The summed E-state index contributed by atoms with van der Waals surface area (Å²) in [4.78, 5) is 23.3. The Balaban J connectivity index is 1.86. The van der Waals surface area contributed by atoms with Gasteiger partial charge >= 0.3 is 5.97 Å². The Labute approximate surface area is 138 Å². The van der Waals surface area contributed by atoms with Crippen LogP contribution in [-0.4, -0.2) is 29.6 Å². The fraction of sp³-hybridized carbons (Fsp3) is 0.500. The van der Waals surface area contributed by atoms with E-state index in [-0.39, 0.29) is 18.6 Å². The molecule has 1 aromatic carbocycles. The first-order valence-corrected chi connectivity index (χ1v) is 8.26. The van der Waals surface area contributed by atoms with E-state index in [9.17, 15) is 14.7 Å². The lowest BCUT2D eigenvalue weighted by atomic mass is 9.95. The van der Waals surface area contributed by atoms with Crippen LogP contribution in [0.2, 0.25) is 0 Å². The molecular weight excluding hydrogens is 350 g/mol. The number of aliphatic carboxylic acids is 1. The largest absolute Gasteiger partial charge is 0.484 e. The first-order valence-electron chi connectivity index (χ1n) is 7.47. The first-order chi connectivity index (χ1) is 10.6. The zero-order chi connectivity index (χ0) is 15.9. The number of amides is 1. The summed E-state index contributed by atoms with van der Waals surface area (Å²) in [5.74, 6) is -1.00. The summed E-state index contributed by atoms with van der Waals surface area (Å²) in [5.41, 5.74) is 0. The van der Waals surface area contributed by atoms with Crippen molar-refractivity contribution in [1.82, 2.24) is 5.32 Å². The summed E-state index contributed by atoms with van der Waals surface area (Å²) in [6.07, 6.45) is 4.20. The SMILES string of the molecule is O=C(COc1ccc(Br)cc1)N[C@H]1CCCCC[C@H]1C(=O)O. The van der Waals surface area contributed by atoms with Crippen LogP contribution in [0.4, 0.5) is 0 Å². The van der Waals surface area contributed by atoms with Crippen LogP contribution in [0, 0.1) is 5.92 Å². The third-order valence-corrected chi connectivity index (χ3v) is 4.39. The molecule has 0 unspecified atom stereocenters. The second-order valence-corrected chi connectivity index (χ2v) is 6.42. The third kappa shape index (κ3) is 5.02. The summed E-state index contributed by atoms with van der Waals surface area (Å²) in [5, 5.41) is 12.1. The highest BCUT2D eigenvalue weighted by Crippen LogP contribution is 2.24. The summed E-state index contributed by atoms with van der Waals surface area (Å²) < 4.78 is 6.35. The molecule has 22 heavy (non-hydrogen) atoms. The molecule has 1 saturated carbocycles. The number of carboxylic acid groups (broad SMARTS) is 1. The van der Waals surface area contributed by atoms with Gasteiger partial charge in [-0.3, -0.25) is 9.59 Å². The topological polar surface area (TPSA) is 75.6 Å². The van der Waals surface area contributed by atoms with Gasteiger partial charge in [-0.1, -0.05) is 35.2 Å². The molecule has 6 heteroatoms. The van der Waals surface area contributed by atoms with Crippen LogP contribution in [0.5, 0.6) is 5.75 Å². The van der Waals surface area contributed by atoms with Gasteiger partial charge < -0.3 is 15.2 Å². The van der Waals surface area contributed by atoms with Gasteiger partial charge in [-0.25, -0.2) is 0 Å². The van der Waals surface area contributed by atoms with Crippen molar-refractivity contribution < 1.29 is 19.4 Å². The Morgan fingerprint density at radius 2 is 1.86 bits per heavy atom. The molecule has 0 aromatic heterocycles. The minimum absolute atomic E-state index is 0.107. The highest BCUT2D eigenvalue weighted by Gasteiger charge is 2.30. The molecule has 1 aliphatic rings. The molecule has 2 atom stereocenters. The fourth-order valence-electron chi connectivity index (χ4n) is 2.70. The second kappa shape index (κ2) is 8.17. The maximum atomic E-state index is 12.0. The number of carbonyl (C=O) groups excluding carboxylic acids is 1. The summed E-state index contributed by atoms with van der Waals surface area (Å²) in [7, 11) is 0. The van der Waals surface area contributed by atoms with E-state index in [4.69, 9.17) is 4.74 Å². The molecule has 0 saturated heterocycles. The second-order valence-electron chi connectivity index (χ2n) is 5.50. The van der Waals surface area contributed by atoms with E-state index < -0.39 is 11.9 Å². The molecule has 0 radical (unpaired) electrons. The van der Waals surface area contributed by atoms with E-state index >= 15 is 0 Å². The van der Waals surface area contributed by atoms with Crippen LogP contribution in [0.15, 0.2) is 28.7 Å². The van der Waals surface area contributed by atoms with Gasteiger partial charge in [-0.2, -0.15) is 0 Å². The van der Waals surface area contributed by atoms with Crippen molar-refractivity contribution in [3.05, 3.63) is 28.7 Å². The highest BCUT2D eigenvalue weighted by molar-refractivity contribution is 9.10. The predicted octanol–water partition coefficient (Wildman–Crippen LogP) is 2.98. The number of benzene rings is 1. The zero-order valence-corrected chi connectivity index (χ0v) is 13.8. The normalized spacial score (nSPS) is 21.7. The number of carboxylic acids is 1. The van der Waals surface area contributed by atoms with E-state index in [1.54, 1.807) is 12.1 Å². The van der Waals surface area contributed by atoms with Gasteiger partial charge in [0.2, 0.25) is 0 Å². The Kier molecular flexibility index (Phi) is 6.24.